The molecule has 2 aromatic heterocycles. The number of para-hydroxylation sites is 1. The number of aromatic amines is 1. The van der Waals surface area contributed by atoms with Crippen molar-refractivity contribution >= 4 is 28.4 Å². The van der Waals surface area contributed by atoms with Crippen molar-refractivity contribution < 1.29 is 9.21 Å². The smallest absolute Gasteiger partial charge is 0.258 e. The Labute approximate surface area is 190 Å². The van der Waals surface area contributed by atoms with E-state index in [0.717, 1.165) is 5.56 Å². The van der Waals surface area contributed by atoms with Crippen molar-refractivity contribution in [2.24, 2.45) is 0 Å². The van der Waals surface area contributed by atoms with Crippen LogP contribution in [0.3, 0.4) is 0 Å². The number of nitrogens with zero attached hydrogens (tertiary/aromatic N) is 3. The Kier molecular flexibility index (Phi) is 6.37. The van der Waals surface area contributed by atoms with Crippen molar-refractivity contribution in [1.29, 1.82) is 0 Å². The van der Waals surface area contributed by atoms with Crippen LogP contribution in [0.2, 0.25) is 5.02 Å². The highest BCUT2D eigenvalue weighted by molar-refractivity contribution is 6.33. The summed E-state index contributed by atoms with van der Waals surface area (Å²) < 4.78 is 5.80. The number of oxazole rings is 1. The second kappa shape index (κ2) is 9.36. The van der Waals surface area contributed by atoms with Gasteiger partial charge in [0.25, 0.3) is 5.56 Å². The van der Waals surface area contributed by atoms with Crippen LogP contribution in [0.4, 0.5) is 0 Å². The zero-order valence-electron chi connectivity index (χ0n) is 17.8. The number of carbonyl (C=O) groups excluding carboxylic acids is 1. The largest absolute Gasteiger partial charge is 0.441 e. The standard InChI is InChI=1S/C24H23ClN4O3/c1-15(2)29(14-21-27-19-10-6-4-8-17(19)24(31)28-21)23(30)12-11-22-26-13-20(32-22)16-7-3-5-9-18(16)25/h3-10,13,15H,11-12,14H2,1-2H3,(H,27,28,31). The zero-order chi connectivity index (χ0) is 22.7. The van der Waals surface area contributed by atoms with Gasteiger partial charge in [-0.1, -0.05) is 35.9 Å². The average Bonchev–Trinajstić information content (AvgIpc) is 3.25. The van der Waals surface area contributed by atoms with Crippen molar-refractivity contribution in [2.45, 2.75) is 39.3 Å². The molecular formula is C24H23ClN4O3. The molecule has 164 valence electrons. The van der Waals surface area contributed by atoms with Gasteiger partial charge in [-0.15, -0.1) is 0 Å². The van der Waals surface area contributed by atoms with Crippen molar-refractivity contribution in [3.05, 3.63) is 81.8 Å². The molecule has 1 N–H and O–H groups in total. The quantitative estimate of drug-likeness (QED) is 0.444. The Balaban J connectivity index is 1.45. The Bertz CT molecular complexity index is 1310. The molecular weight excluding hydrogens is 428 g/mol. The number of halogens is 1. The van der Waals surface area contributed by atoms with Crippen molar-refractivity contribution in [2.75, 3.05) is 0 Å². The van der Waals surface area contributed by atoms with Crippen molar-refractivity contribution in [3.8, 4) is 11.3 Å². The normalized spacial score (nSPS) is 11.2. The average molecular weight is 451 g/mol. The first-order valence-electron chi connectivity index (χ1n) is 10.4. The van der Waals surface area contributed by atoms with Gasteiger partial charge in [-0.25, -0.2) is 9.97 Å². The maximum Gasteiger partial charge on any atom is 0.258 e. The number of fused-ring (bicyclic) bond motifs is 1. The third kappa shape index (κ3) is 4.73. The number of nitrogens with one attached hydrogen (secondary N) is 1. The Hall–Kier alpha value is -3.45. The lowest BCUT2D eigenvalue weighted by molar-refractivity contribution is -0.133. The van der Waals surface area contributed by atoms with Crippen LogP contribution in [0, 0.1) is 0 Å². The molecule has 0 aliphatic carbocycles. The van der Waals surface area contributed by atoms with Gasteiger partial charge in [-0.05, 0) is 38.1 Å². The van der Waals surface area contributed by atoms with Gasteiger partial charge in [0.1, 0.15) is 5.82 Å². The number of carbonyl (C=O) groups is 1. The third-order valence-electron chi connectivity index (χ3n) is 5.17. The first kappa shape index (κ1) is 21.8. The fourth-order valence-corrected chi connectivity index (χ4v) is 3.73. The second-order valence-corrected chi connectivity index (χ2v) is 8.15. The van der Waals surface area contributed by atoms with Crippen LogP contribution in [0.25, 0.3) is 22.2 Å². The van der Waals surface area contributed by atoms with E-state index in [1.807, 2.05) is 38.1 Å². The fourth-order valence-electron chi connectivity index (χ4n) is 3.50. The molecule has 0 spiro atoms. The topological polar surface area (TPSA) is 92.1 Å². The van der Waals surface area contributed by atoms with Crippen molar-refractivity contribution in [1.82, 2.24) is 19.9 Å². The minimum Gasteiger partial charge on any atom is -0.441 e. The minimum absolute atomic E-state index is 0.0671. The van der Waals surface area contributed by atoms with Gasteiger partial charge in [-0.2, -0.15) is 0 Å². The first-order valence-corrected chi connectivity index (χ1v) is 10.8. The summed E-state index contributed by atoms with van der Waals surface area (Å²) in [5, 5.41) is 1.10. The van der Waals surface area contributed by atoms with E-state index in [1.54, 1.807) is 35.4 Å². The number of amides is 1. The van der Waals surface area contributed by atoms with Crippen LogP contribution in [-0.4, -0.2) is 31.8 Å². The summed E-state index contributed by atoms with van der Waals surface area (Å²) in [6, 6.07) is 14.4. The highest BCUT2D eigenvalue weighted by Crippen LogP contribution is 2.28. The van der Waals surface area contributed by atoms with Crippen LogP contribution in [0.1, 0.15) is 32.0 Å². The number of hydrogen-bond acceptors (Lipinski definition) is 5. The van der Waals surface area contributed by atoms with Gasteiger partial charge in [0.2, 0.25) is 5.91 Å². The fraction of sp³-hybridized carbons (Fsp3) is 0.250. The number of benzene rings is 2. The number of aromatic nitrogens is 3. The van der Waals surface area contributed by atoms with E-state index in [0.29, 0.717) is 39.8 Å². The lowest BCUT2D eigenvalue weighted by Gasteiger charge is -2.26. The van der Waals surface area contributed by atoms with Gasteiger partial charge in [0.05, 0.1) is 28.7 Å². The lowest BCUT2D eigenvalue weighted by Crippen LogP contribution is -2.37. The van der Waals surface area contributed by atoms with E-state index in [4.69, 9.17) is 16.0 Å². The SMILES string of the molecule is CC(C)N(Cc1nc2ccccc2c(=O)[nH]1)C(=O)CCc1ncc(-c2ccccc2Cl)o1. The minimum atomic E-state index is -0.214. The summed E-state index contributed by atoms with van der Waals surface area (Å²) in [5.41, 5.74) is 1.15. The number of hydrogen-bond donors (Lipinski definition) is 1. The highest BCUT2D eigenvalue weighted by atomic mass is 35.5. The molecule has 1 amide bonds. The van der Waals surface area contributed by atoms with E-state index in [1.165, 1.54) is 0 Å². The molecule has 32 heavy (non-hydrogen) atoms. The number of H-pyrrole nitrogens is 1. The summed E-state index contributed by atoms with van der Waals surface area (Å²) in [6.07, 6.45) is 2.19. The van der Waals surface area contributed by atoms with E-state index in [9.17, 15) is 9.59 Å². The predicted octanol–water partition coefficient (Wildman–Crippen LogP) is 4.60. The number of rotatable bonds is 7. The van der Waals surface area contributed by atoms with E-state index in [2.05, 4.69) is 15.0 Å². The van der Waals surface area contributed by atoms with E-state index >= 15 is 0 Å². The monoisotopic (exact) mass is 450 g/mol. The summed E-state index contributed by atoms with van der Waals surface area (Å²) in [4.78, 5) is 38.6. The van der Waals surface area contributed by atoms with Crippen LogP contribution in [0.15, 0.2) is 63.9 Å². The highest BCUT2D eigenvalue weighted by Gasteiger charge is 2.20. The maximum atomic E-state index is 13.0. The van der Waals surface area contributed by atoms with Crippen molar-refractivity contribution in [3.63, 3.8) is 0 Å². The lowest BCUT2D eigenvalue weighted by atomic mass is 10.2. The van der Waals surface area contributed by atoms with Gasteiger partial charge in [0.15, 0.2) is 11.7 Å². The Morgan fingerprint density at radius 2 is 1.91 bits per heavy atom. The molecule has 0 saturated heterocycles. The summed E-state index contributed by atoms with van der Waals surface area (Å²) in [7, 11) is 0. The molecule has 4 rings (SSSR count). The summed E-state index contributed by atoms with van der Waals surface area (Å²) in [6.45, 7) is 4.07. The molecule has 4 aromatic rings. The molecule has 0 unspecified atom stereocenters. The van der Waals surface area contributed by atoms with Gasteiger partial charge < -0.3 is 14.3 Å². The molecule has 7 nitrogen and oxygen atoms in total. The molecule has 0 aliphatic heterocycles. The molecule has 0 saturated carbocycles. The second-order valence-electron chi connectivity index (χ2n) is 7.74. The first-order chi connectivity index (χ1) is 15.4. The van der Waals surface area contributed by atoms with Gasteiger partial charge in [0, 0.05) is 24.4 Å². The molecule has 0 atom stereocenters. The Morgan fingerprint density at radius 3 is 2.69 bits per heavy atom. The molecule has 0 bridgehead atoms. The molecule has 0 fully saturated rings. The van der Waals surface area contributed by atoms with Crippen LogP contribution < -0.4 is 5.56 Å². The molecule has 2 aromatic carbocycles. The molecule has 0 radical (unpaired) electrons. The van der Waals surface area contributed by atoms with Gasteiger partial charge in [-0.3, -0.25) is 9.59 Å². The predicted molar refractivity (Wildman–Crippen MR) is 123 cm³/mol. The van der Waals surface area contributed by atoms with Crippen LogP contribution in [0.5, 0.6) is 0 Å². The Morgan fingerprint density at radius 1 is 1.16 bits per heavy atom. The van der Waals surface area contributed by atoms with Crippen LogP contribution in [-0.2, 0) is 17.8 Å². The van der Waals surface area contributed by atoms with E-state index in [-0.39, 0.29) is 30.5 Å². The molecule has 2 heterocycles. The summed E-state index contributed by atoms with van der Waals surface area (Å²) >= 11 is 6.22. The molecule has 8 heteroatoms. The summed E-state index contributed by atoms with van der Waals surface area (Å²) in [5.74, 6) is 1.41. The number of aryl methyl sites for hydroxylation is 1. The zero-order valence-corrected chi connectivity index (χ0v) is 18.6. The van der Waals surface area contributed by atoms with E-state index < -0.39 is 0 Å². The van der Waals surface area contributed by atoms with Crippen LogP contribution >= 0.6 is 11.6 Å². The van der Waals surface area contributed by atoms with Gasteiger partial charge >= 0.3 is 0 Å². The molecule has 0 aliphatic rings. The third-order valence-corrected chi connectivity index (χ3v) is 5.50. The maximum absolute atomic E-state index is 13.0.